The number of benzene rings is 1. The molecule has 1 heterocycles. The third-order valence-electron chi connectivity index (χ3n) is 3.11. The van der Waals surface area contributed by atoms with Crippen LogP contribution in [0.25, 0.3) is 0 Å². The maximum absolute atomic E-state index is 8.86. The molecule has 3 N–H and O–H groups in total. The standard InChI is InChI=1S/C13H20N2O2/c14-11-2-1-3-13(10-11)17-12-4-6-15(7-5-12)8-9-16/h1-3,10,12,16H,4-9,14H2. The predicted molar refractivity (Wildman–Crippen MR) is 68.0 cm³/mol. The number of ether oxygens (including phenoxy) is 1. The van der Waals surface area contributed by atoms with Gasteiger partial charge in [0.1, 0.15) is 11.9 Å². The molecule has 4 nitrogen and oxygen atoms in total. The first kappa shape index (κ1) is 12.2. The molecule has 2 rings (SSSR count). The van der Waals surface area contributed by atoms with Crippen molar-refractivity contribution < 1.29 is 9.84 Å². The van der Waals surface area contributed by atoms with E-state index in [1.165, 1.54) is 0 Å². The molecule has 0 unspecified atom stereocenters. The molecule has 0 saturated carbocycles. The minimum atomic E-state index is 0.237. The van der Waals surface area contributed by atoms with Crippen LogP contribution in [0.15, 0.2) is 24.3 Å². The Morgan fingerprint density at radius 1 is 1.35 bits per heavy atom. The summed E-state index contributed by atoms with van der Waals surface area (Å²) in [5, 5.41) is 8.86. The molecule has 0 aliphatic carbocycles. The zero-order valence-corrected chi connectivity index (χ0v) is 10.0. The van der Waals surface area contributed by atoms with Crippen molar-refractivity contribution >= 4 is 5.69 Å². The zero-order valence-electron chi connectivity index (χ0n) is 10.0. The number of nitrogens with zero attached hydrogens (tertiary/aromatic N) is 1. The molecule has 1 aromatic rings. The second-order valence-electron chi connectivity index (χ2n) is 4.45. The fraction of sp³-hybridized carbons (Fsp3) is 0.538. The molecule has 17 heavy (non-hydrogen) atoms. The van der Waals surface area contributed by atoms with Crippen molar-refractivity contribution in [1.29, 1.82) is 0 Å². The summed E-state index contributed by atoms with van der Waals surface area (Å²) in [4.78, 5) is 2.26. The Morgan fingerprint density at radius 2 is 2.12 bits per heavy atom. The number of aliphatic hydroxyl groups is 1. The van der Waals surface area contributed by atoms with Gasteiger partial charge in [0.05, 0.1) is 6.61 Å². The van der Waals surface area contributed by atoms with E-state index in [0.29, 0.717) is 0 Å². The number of hydrogen-bond donors (Lipinski definition) is 2. The highest BCUT2D eigenvalue weighted by Crippen LogP contribution is 2.20. The van der Waals surface area contributed by atoms with Crippen LogP contribution in [0.1, 0.15) is 12.8 Å². The first-order valence-corrected chi connectivity index (χ1v) is 6.13. The largest absolute Gasteiger partial charge is 0.490 e. The Labute approximate surface area is 102 Å². The van der Waals surface area contributed by atoms with Crippen molar-refractivity contribution in [2.45, 2.75) is 18.9 Å². The summed E-state index contributed by atoms with van der Waals surface area (Å²) >= 11 is 0. The molecule has 1 aliphatic heterocycles. The summed E-state index contributed by atoms with van der Waals surface area (Å²) in [7, 11) is 0. The highest BCUT2D eigenvalue weighted by molar-refractivity contribution is 5.43. The van der Waals surface area contributed by atoms with Crippen molar-refractivity contribution in [1.82, 2.24) is 4.90 Å². The second-order valence-corrected chi connectivity index (χ2v) is 4.45. The average Bonchev–Trinajstić information content (AvgIpc) is 2.32. The molecular weight excluding hydrogens is 216 g/mol. The van der Waals surface area contributed by atoms with Gasteiger partial charge >= 0.3 is 0 Å². The van der Waals surface area contributed by atoms with Gasteiger partial charge in [-0.25, -0.2) is 0 Å². The van der Waals surface area contributed by atoms with Gasteiger partial charge in [-0.1, -0.05) is 6.07 Å². The summed E-state index contributed by atoms with van der Waals surface area (Å²) in [5.74, 6) is 0.852. The van der Waals surface area contributed by atoms with Crippen molar-refractivity contribution in [3.63, 3.8) is 0 Å². The van der Waals surface area contributed by atoms with E-state index in [4.69, 9.17) is 15.6 Å². The minimum Gasteiger partial charge on any atom is -0.490 e. The lowest BCUT2D eigenvalue weighted by molar-refractivity contribution is 0.0889. The van der Waals surface area contributed by atoms with Gasteiger partial charge in [-0.2, -0.15) is 0 Å². The van der Waals surface area contributed by atoms with Crippen molar-refractivity contribution in [3.8, 4) is 5.75 Å². The van der Waals surface area contributed by atoms with E-state index in [1.807, 2.05) is 24.3 Å². The van der Waals surface area contributed by atoms with Crippen LogP contribution in [0.4, 0.5) is 5.69 Å². The Kier molecular flexibility index (Phi) is 4.23. The molecule has 0 atom stereocenters. The van der Waals surface area contributed by atoms with E-state index in [0.717, 1.165) is 43.9 Å². The molecule has 1 aliphatic rings. The van der Waals surface area contributed by atoms with Gasteiger partial charge in [-0.3, -0.25) is 0 Å². The summed E-state index contributed by atoms with van der Waals surface area (Å²) in [6.45, 7) is 2.99. The lowest BCUT2D eigenvalue weighted by atomic mass is 10.1. The summed E-state index contributed by atoms with van der Waals surface area (Å²) in [6, 6.07) is 7.57. The number of nitrogen functional groups attached to an aromatic ring is 1. The van der Waals surface area contributed by atoms with E-state index in [2.05, 4.69) is 4.90 Å². The van der Waals surface area contributed by atoms with Crippen LogP contribution >= 0.6 is 0 Å². The maximum atomic E-state index is 8.86. The Bertz CT molecular complexity index is 349. The predicted octanol–water partition coefficient (Wildman–Crippen LogP) is 1.10. The molecule has 4 heteroatoms. The van der Waals surface area contributed by atoms with Crippen LogP contribution < -0.4 is 10.5 Å². The van der Waals surface area contributed by atoms with Crippen LogP contribution in [-0.4, -0.2) is 42.4 Å². The lowest BCUT2D eigenvalue weighted by Gasteiger charge is -2.31. The lowest BCUT2D eigenvalue weighted by Crippen LogP contribution is -2.39. The number of likely N-dealkylation sites (tertiary alicyclic amines) is 1. The van der Waals surface area contributed by atoms with Crippen LogP contribution in [-0.2, 0) is 0 Å². The first-order chi connectivity index (χ1) is 8.28. The maximum Gasteiger partial charge on any atom is 0.121 e. The third-order valence-corrected chi connectivity index (χ3v) is 3.11. The van der Waals surface area contributed by atoms with Gasteiger partial charge in [0.15, 0.2) is 0 Å². The van der Waals surface area contributed by atoms with Gasteiger partial charge in [-0.05, 0) is 25.0 Å². The zero-order chi connectivity index (χ0) is 12.1. The molecule has 0 bridgehead atoms. The monoisotopic (exact) mass is 236 g/mol. The molecule has 0 aromatic heterocycles. The van der Waals surface area contributed by atoms with Crippen molar-refractivity contribution in [3.05, 3.63) is 24.3 Å². The number of rotatable bonds is 4. The molecule has 0 spiro atoms. The Balaban J connectivity index is 1.82. The van der Waals surface area contributed by atoms with E-state index in [9.17, 15) is 0 Å². The van der Waals surface area contributed by atoms with Gasteiger partial charge < -0.3 is 20.5 Å². The highest BCUT2D eigenvalue weighted by Gasteiger charge is 2.19. The van der Waals surface area contributed by atoms with E-state index >= 15 is 0 Å². The van der Waals surface area contributed by atoms with Crippen LogP contribution in [0.2, 0.25) is 0 Å². The number of β-amino-alcohol motifs (C(OH)–C–C–N with tert-alkyl or cyclic N) is 1. The molecule has 0 radical (unpaired) electrons. The van der Waals surface area contributed by atoms with Crippen LogP contribution in [0, 0.1) is 0 Å². The average molecular weight is 236 g/mol. The Hall–Kier alpha value is -1.26. The number of aliphatic hydroxyl groups excluding tert-OH is 1. The fourth-order valence-electron chi connectivity index (χ4n) is 2.17. The fourth-order valence-corrected chi connectivity index (χ4v) is 2.17. The normalized spacial score (nSPS) is 18.2. The molecule has 1 aromatic carbocycles. The van der Waals surface area contributed by atoms with E-state index in [-0.39, 0.29) is 12.7 Å². The smallest absolute Gasteiger partial charge is 0.121 e. The molecule has 1 fully saturated rings. The van der Waals surface area contributed by atoms with Gasteiger partial charge in [-0.15, -0.1) is 0 Å². The number of hydrogen-bond acceptors (Lipinski definition) is 4. The van der Waals surface area contributed by atoms with E-state index in [1.54, 1.807) is 0 Å². The summed E-state index contributed by atoms with van der Waals surface area (Å²) in [5.41, 5.74) is 6.45. The summed E-state index contributed by atoms with van der Waals surface area (Å²) in [6.07, 6.45) is 2.29. The van der Waals surface area contributed by atoms with E-state index < -0.39 is 0 Å². The number of anilines is 1. The Morgan fingerprint density at radius 3 is 2.76 bits per heavy atom. The van der Waals surface area contributed by atoms with Crippen molar-refractivity contribution in [2.75, 3.05) is 32.0 Å². The topological polar surface area (TPSA) is 58.7 Å². The molecule has 1 saturated heterocycles. The second kappa shape index (κ2) is 5.89. The van der Waals surface area contributed by atoms with Gasteiger partial charge in [0.2, 0.25) is 0 Å². The van der Waals surface area contributed by atoms with Gasteiger partial charge in [0.25, 0.3) is 0 Å². The van der Waals surface area contributed by atoms with Crippen LogP contribution in [0.3, 0.4) is 0 Å². The quantitative estimate of drug-likeness (QED) is 0.769. The van der Waals surface area contributed by atoms with Crippen molar-refractivity contribution in [2.24, 2.45) is 0 Å². The first-order valence-electron chi connectivity index (χ1n) is 6.13. The molecule has 94 valence electrons. The molecular formula is C13H20N2O2. The van der Waals surface area contributed by atoms with Gasteiger partial charge in [0, 0.05) is 31.4 Å². The van der Waals surface area contributed by atoms with Crippen LogP contribution in [0.5, 0.6) is 5.75 Å². The molecule has 0 amide bonds. The minimum absolute atomic E-state index is 0.237. The highest BCUT2D eigenvalue weighted by atomic mass is 16.5. The summed E-state index contributed by atoms with van der Waals surface area (Å²) < 4.78 is 5.89. The number of nitrogens with two attached hydrogens (primary N) is 1. The third kappa shape index (κ3) is 3.61. The SMILES string of the molecule is Nc1cccc(OC2CCN(CCO)CC2)c1. The number of piperidine rings is 1.